The standard InChI is InChI=1S/C10H18O3/c1-7(2)8(11)10(6,13-12)9(3,4)5/h12H,1H2,2-6H3. The molecule has 1 atom stereocenters. The van der Waals surface area contributed by atoms with E-state index in [1.165, 1.54) is 0 Å². The van der Waals surface area contributed by atoms with E-state index in [0.717, 1.165) is 0 Å². The van der Waals surface area contributed by atoms with Gasteiger partial charge in [0.15, 0.2) is 11.4 Å². The van der Waals surface area contributed by atoms with Gasteiger partial charge in [-0.25, -0.2) is 4.89 Å². The highest BCUT2D eigenvalue weighted by molar-refractivity contribution is 6.01. The van der Waals surface area contributed by atoms with Crippen molar-refractivity contribution in [2.24, 2.45) is 5.41 Å². The van der Waals surface area contributed by atoms with Gasteiger partial charge >= 0.3 is 0 Å². The molecule has 0 bridgehead atoms. The van der Waals surface area contributed by atoms with Gasteiger partial charge in [-0.3, -0.25) is 10.1 Å². The predicted molar refractivity (Wildman–Crippen MR) is 51.4 cm³/mol. The summed E-state index contributed by atoms with van der Waals surface area (Å²) in [7, 11) is 0. The Kier molecular flexibility index (Phi) is 3.41. The molecule has 0 heterocycles. The summed E-state index contributed by atoms with van der Waals surface area (Å²) in [6.45, 7) is 12.2. The van der Waals surface area contributed by atoms with Crippen LogP contribution in [-0.4, -0.2) is 16.6 Å². The van der Waals surface area contributed by atoms with Crippen molar-refractivity contribution in [1.82, 2.24) is 0 Å². The second-order valence-corrected chi connectivity index (χ2v) is 4.48. The molecular formula is C10H18O3. The average molecular weight is 186 g/mol. The van der Waals surface area contributed by atoms with Crippen LogP contribution in [0.15, 0.2) is 12.2 Å². The molecule has 1 N–H and O–H groups in total. The summed E-state index contributed by atoms with van der Waals surface area (Å²) in [6, 6.07) is 0. The van der Waals surface area contributed by atoms with Crippen molar-refractivity contribution in [2.75, 3.05) is 0 Å². The van der Waals surface area contributed by atoms with Crippen LogP contribution in [0.3, 0.4) is 0 Å². The second kappa shape index (κ2) is 3.60. The third-order valence-corrected chi connectivity index (χ3v) is 2.43. The van der Waals surface area contributed by atoms with Crippen molar-refractivity contribution in [3.8, 4) is 0 Å². The lowest BCUT2D eigenvalue weighted by Crippen LogP contribution is -2.49. The van der Waals surface area contributed by atoms with Crippen LogP contribution in [0.4, 0.5) is 0 Å². The van der Waals surface area contributed by atoms with Crippen molar-refractivity contribution in [3.05, 3.63) is 12.2 Å². The van der Waals surface area contributed by atoms with E-state index in [4.69, 9.17) is 5.26 Å². The number of carbonyl (C=O) groups is 1. The zero-order valence-corrected chi connectivity index (χ0v) is 8.97. The molecule has 3 heteroatoms. The lowest BCUT2D eigenvalue weighted by molar-refractivity contribution is -0.328. The van der Waals surface area contributed by atoms with Crippen molar-refractivity contribution in [3.63, 3.8) is 0 Å². The summed E-state index contributed by atoms with van der Waals surface area (Å²) >= 11 is 0. The summed E-state index contributed by atoms with van der Waals surface area (Å²) in [5.74, 6) is -0.275. The first-order valence-electron chi connectivity index (χ1n) is 4.19. The van der Waals surface area contributed by atoms with Crippen LogP contribution in [-0.2, 0) is 9.68 Å². The molecular weight excluding hydrogens is 168 g/mol. The van der Waals surface area contributed by atoms with Crippen molar-refractivity contribution >= 4 is 5.78 Å². The van der Waals surface area contributed by atoms with Crippen LogP contribution < -0.4 is 0 Å². The molecule has 0 aliphatic carbocycles. The van der Waals surface area contributed by atoms with Gasteiger partial charge in [0.2, 0.25) is 0 Å². The van der Waals surface area contributed by atoms with Crippen LogP contribution in [0.5, 0.6) is 0 Å². The Morgan fingerprint density at radius 2 is 1.69 bits per heavy atom. The molecule has 0 amide bonds. The summed E-state index contributed by atoms with van der Waals surface area (Å²) in [5.41, 5.74) is -1.32. The number of Topliss-reactive ketones (excluding diaryl/α,β-unsaturated/α-hetero) is 1. The quantitative estimate of drug-likeness (QED) is 0.418. The minimum atomic E-state index is -1.22. The van der Waals surface area contributed by atoms with E-state index < -0.39 is 11.0 Å². The highest BCUT2D eigenvalue weighted by Crippen LogP contribution is 2.35. The van der Waals surface area contributed by atoms with E-state index in [-0.39, 0.29) is 5.78 Å². The fourth-order valence-electron chi connectivity index (χ4n) is 0.926. The minimum Gasteiger partial charge on any atom is -0.291 e. The van der Waals surface area contributed by atoms with Crippen LogP contribution >= 0.6 is 0 Å². The van der Waals surface area contributed by atoms with E-state index in [1.54, 1.807) is 13.8 Å². The van der Waals surface area contributed by atoms with Gasteiger partial charge in [0.25, 0.3) is 0 Å². The summed E-state index contributed by atoms with van der Waals surface area (Å²) in [4.78, 5) is 16.0. The highest BCUT2D eigenvalue weighted by Gasteiger charge is 2.46. The highest BCUT2D eigenvalue weighted by atomic mass is 17.1. The first kappa shape index (κ1) is 12.3. The Balaban J connectivity index is 5.07. The maximum Gasteiger partial charge on any atom is 0.193 e. The van der Waals surface area contributed by atoms with E-state index in [2.05, 4.69) is 11.5 Å². The molecule has 0 saturated carbocycles. The maximum atomic E-state index is 11.7. The van der Waals surface area contributed by atoms with Gasteiger partial charge in [0, 0.05) is 5.41 Å². The summed E-state index contributed by atoms with van der Waals surface area (Å²) < 4.78 is 0. The van der Waals surface area contributed by atoms with Crippen molar-refractivity contribution < 1.29 is 14.9 Å². The van der Waals surface area contributed by atoms with Crippen LogP contribution in [0.1, 0.15) is 34.6 Å². The summed E-state index contributed by atoms with van der Waals surface area (Å²) in [6.07, 6.45) is 0. The molecule has 0 rings (SSSR count). The lowest BCUT2D eigenvalue weighted by atomic mass is 9.73. The molecule has 0 spiro atoms. The zero-order chi connectivity index (χ0) is 10.9. The fraction of sp³-hybridized carbons (Fsp3) is 0.700. The molecule has 3 nitrogen and oxygen atoms in total. The van der Waals surface area contributed by atoms with Gasteiger partial charge in [-0.1, -0.05) is 27.4 Å². The van der Waals surface area contributed by atoms with E-state index in [1.807, 2.05) is 20.8 Å². The topological polar surface area (TPSA) is 46.5 Å². The van der Waals surface area contributed by atoms with Crippen molar-refractivity contribution in [2.45, 2.75) is 40.2 Å². The third-order valence-electron chi connectivity index (χ3n) is 2.43. The Labute approximate surface area is 79.3 Å². The Morgan fingerprint density at radius 1 is 1.31 bits per heavy atom. The Morgan fingerprint density at radius 3 is 1.77 bits per heavy atom. The number of hydrogen-bond acceptors (Lipinski definition) is 3. The van der Waals surface area contributed by atoms with E-state index in [0.29, 0.717) is 5.57 Å². The molecule has 0 radical (unpaired) electrons. The van der Waals surface area contributed by atoms with E-state index >= 15 is 0 Å². The Bertz CT molecular complexity index is 225. The molecule has 76 valence electrons. The van der Waals surface area contributed by atoms with Gasteiger partial charge in [-0.2, -0.15) is 0 Å². The van der Waals surface area contributed by atoms with Gasteiger partial charge in [0.1, 0.15) is 0 Å². The number of rotatable bonds is 3. The molecule has 0 aromatic carbocycles. The zero-order valence-electron chi connectivity index (χ0n) is 8.97. The molecule has 0 aromatic heterocycles. The second-order valence-electron chi connectivity index (χ2n) is 4.48. The number of hydrogen-bond donors (Lipinski definition) is 1. The van der Waals surface area contributed by atoms with Gasteiger partial charge in [0.05, 0.1) is 0 Å². The maximum absolute atomic E-state index is 11.7. The first-order valence-corrected chi connectivity index (χ1v) is 4.19. The lowest BCUT2D eigenvalue weighted by Gasteiger charge is -2.37. The number of carbonyl (C=O) groups excluding carboxylic acids is 1. The van der Waals surface area contributed by atoms with Gasteiger partial charge in [-0.05, 0) is 19.4 Å². The molecule has 13 heavy (non-hydrogen) atoms. The molecule has 0 fully saturated rings. The Hall–Kier alpha value is -0.670. The predicted octanol–water partition coefficient (Wildman–Crippen LogP) is 2.43. The molecule has 0 saturated heterocycles. The normalized spacial score (nSPS) is 16.5. The molecule has 1 unspecified atom stereocenters. The molecule has 0 aromatic rings. The van der Waals surface area contributed by atoms with Crippen LogP contribution in [0.2, 0.25) is 0 Å². The molecule has 0 aliphatic heterocycles. The summed E-state index contributed by atoms with van der Waals surface area (Å²) in [5, 5.41) is 8.78. The minimum absolute atomic E-state index is 0.275. The van der Waals surface area contributed by atoms with Gasteiger partial charge < -0.3 is 0 Å². The third kappa shape index (κ3) is 2.17. The molecule has 0 aliphatic rings. The number of ketones is 1. The largest absolute Gasteiger partial charge is 0.291 e. The monoisotopic (exact) mass is 186 g/mol. The average Bonchev–Trinajstić information content (AvgIpc) is 1.99. The van der Waals surface area contributed by atoms with Crippen LogP contribution in [0, 0.1) is 5.41 Å². The van der Waals surface area contributed by atoms with E-state index in [9.17, 15) is 4.79 Å². The van der Waals surface area contributed by atoms with Gasteiger partial charge in [-0.15, -0.1) is 0 Å². The smallest absolute Gasteiger partial charge is 0.193 e. The first-order chi connectivity index (χ1) is 5.66. The van der Waals surface area contributed by atoms with Crippen molar-refractivity contribution in [1.29, 1.82) is 0 Å². The SMILES string of the molecule is C=C(C)C(=O)C(C)(OO)C(C)(C)C. The fourth-order valence-corrected chi connectivity index (χ4v) is 0.926. The van der Waals surface area contributed by atoms with Crippen LogP contribution in [0.25, 0.3) is 0 Å².